The molecule has 2 aromatic rings. The van der Waals surface area contributed by atoms with Crippen LogP contribution in [0, 0.1) is 0 Å². The van der Waals surface area contributed by atoms with Gasteiger partial charge in [-0.15, -0.1) is 0 Å². The van der Waals surface area contributed by atoms with Gasteiger partial charge in [0, 0.05) is 6.21 Å². The average Bonchev–Trinajstić information content (AvgIpc) is 2.58. The van der Waals surface area contributed by atoms with E-state index in [1.54, 1.807) is 20.4 Å². The largest absolute Gasteiger partial charge is 0.493 e. The van der Waals surface area contributed by atoms with Crippen molar-refractivity contribution >= 4 is 12.3 Å². The molecule has 114 valence electrons. The van der Waals surface area contributed by atoms with Crippen LogP contribution in [0.1, 0.15) is 11.1 Å². The number of allylic oxidation sites excluding steroid dienone is 1. The van der Waals surface area contributed by atoms with Crippen LogP contribution in [-0.2, 0) is 6.54 Å². The van der Waals surface area contributed by atoms with Gasteiger partial charge in [-0.05, 0) is 29.3 Å². The number of benzene rings is 2. The van der Waals surface area contributed by atoms with E-state index in [4.69, 9.17) is 9.47 Å². The van der Waals surface area contributed by atoms with Gasteiger partial charge in [0.2, 0.25) is 0 Å². The molecule has 0 aliphatic carbocycles. The van der Waals surface area contributed by atoms with Gasteiger partial charge in [0.25, 0.3) is 0 Å². The van der Waals surface area contributed by atoms with Crippen molar-refractivity contribution in [1.29, 1.82) is 0 Å². The predicted octanol–water partition coefficient (Wildman–Crippen LogP) is 3.49. The summed E-state index contributed by atoms with van der Waals surface area (Å²) < 4.78 is 10.5. The van der Waals surface area contributed by atoms with E-state index in [0.717, 1.165) is 22.6 Å². The molecule has 0 aliphatic heterocycles. The molecule has 0 heterocycles. The molecule has 0 unspecified atom stereocenters. The fourth-order valence-corrected chi connectivity index (χ4v) is 1.94. The second-order valence-electron chi connectivity index (χ2n) is 4.57. The Bertz CT molecular complexity index is 637. The zero-order valence-electron chi connectivity index (χ0n) is 12.8. The SMILES string of the molecule is COc1ccc(CN/N=C/C=C/c2ccccc2)cc1OC. The van der Waals surface area contributed by atoms with Gasteiger partial charge >= 0.3 is 0 Å². The number of hydrogen-bond donors (Lipinski definition) is 1. The van der Waals surface area contributed by atoms with Gasteiger partial charge in [-0.3, -0.25) is 0 Å². The van der Waals surface area contributed by atoms with Crippen LogP contribution in [0.5, 0.6) is 11.5 Å². The third kappa shape index (κ3) is 4.66. The first-order valence-electron chi connectivity index (χ1n) is 7.02. The van der Waals surface area contributed by atoms with Gasteiger partial charge in [0.1, 0.15) is 0 Å². The molecule has 0 saturated heterocycles. The number of ether oxygens (including phenoxy) is 2. The Morgan fingerprint density at radius 2 is 1.77 bits per heavy atom. The zero-order valence-corrected chi connectivity index (χ0v) is 12.8. The molecule has 4 heteroatoms. The topological polar surface area (TPSA) is 42.8 Å². The predicted molar refractivity (Wildman–Crippen MR) is 90.4 cm³/mol. The summed E-state index contributed by atoms with van der Waals surface area (Å²) in [7, 11) is 3.25. The number of rotatable bonds is 7. The van der Waals surface area contributed by atoms with Crippen LogP contribution in [0.2, 0.25) is 0 Å². The maximum absolute atomic E-state index is 5.27. The lowest BCUT2D eigenvalue weighted by Crippen LogP contribution is -2.05. The van der Waals surface area contributed by atoms with Crippen LogP contribution >= 0.6 is 0 Å². The molecule has 0 saturated carbocycles. The maximum atomic E-state index is 5.27. The molecule has 0 aromatic heterocycles. The molecule has 0 radical (unpaired) electrons. The molecule has 0 aliphatic rings. The first-order chi connectivity index (χ1) is 10.8. The van der Waals surface area contributed by atoms with E-state index in [1.165, 1.54) is 0 Å². The molecule has 0 amide bonds. The van der Waals surface area contributed by atoms with E-state index in [9.17, 15) is 0 Å². The minimum atomic E-state index is 0.621. The number of methoxy groups -OCH3 is 2. The maximum Gasteiger partial charge on any atom is 0.161 e. The Morgan fingerprint density at radius 1 is 1.00 bits per heavy atom. The van der Waals surface area contributed by atoms with E-state index in [-0.39, 0.29) is 0 Å². The van der Waals surface area contributed by atoms with Crippen molar-refractivity contribution in [3.8, 4) is 11.5 Å². The third-order valence-corrected chi connectivity index (χ3v) is 3.07. The van der Waals surface area contributed by atoms with Crippen LogP contribution in [0.15, 0.2) is 59.7 Å². The normalized spacial score (nSPS) is 11.0. The summed E-state index contributed by atoms with van der Waals surface area (Å²) in [6, 6.07) is 15.9. The van der Waals surface area contributed by atoms with Crippen LogP contribution in [-0.4, -0.2) is 20.4 Å². The summed E-state index contributed by atoms with van der Waals surface area (Å²) in [6.07, 6.45) is 5.63. The molecule has 0 atom stereocenters. The van der Waals surface area contributed by atoms with Gasteiger partial charge < -0.3 is 14.9 Å². The fraction of sp³-hybridized carbons (Fsp3) is 0.167. The standard InChI is InChI=1S/C18H20N2O2/c1-21-17-11-10-16(13-18(17)22-2)14-20-19-12-6-9-15-7-4-3-5-8-15/h3-13,20H,14H2,1-2H3/b9-6+,19-12+. The highest BCUT2D eigenvalue weighted by Crippen LogP contribution is 2.27. The van der Waals surface area contributed by atoms with Crippen molar-refractivity contribution in [2.24, 2.45) is 5.10 Å². The Kier molecular flexibility index (Phi) is 6.05. The lowest BCUT2D eigenvalue weighted by atomic mass is 10.2. The highest BCUT2D eigenvalue weighted by molar-refractivity contribution is 5.77. The van der Waals surface area contributed by atoms with Crippen molar-refractivity contribution in [1.82, 2.24) is 5.43 Å². The van der Waals surface area contributed by atoms with Gasteiger partial charge in [-0.1, -0.05) is 42.5 Å². The van der Waals surface area contributed by atoms with Crippen LogP contribution in [0.4, 0.5) is 0 Å². The Labute approximate surface area is 131 Å². The van der Waals surface area contributed by atoms with Crippen LogP contribution in [0.3, 0.4) is 0 Å². The van der Waals surface area contributed by atoms with Crippen molar-refractivity contribution in [3.05, 3.63) is 65.7 Å². The Morgan fingerprint density at radius 3 is 2.50 bits per heavy atom. The number of hydrazone groups is 1. The average molecular weight is 296 g/mol. The molecule has 1 N–H and O–H groups in total. The summed E-state index contributed by atoms with van der Waals surface area (Å²) >= 11 is 0. The second kappa shape index (κ2) is 8.52. The number of hydrogen-bond acceptors (Lipinski definition) is 4. The van der Waals surface area contributed by atoms with E-state index in [0.29, 0.717) is 6.54 Å². The minimum absolute atomic E-state index is 0.621. The molecule has 0 spiro atoms. The molecular formula is C18H20N2O2. The highest BCUT2D eigenvalue weighted by Gasteiger charge is 2.03. The van der Waals surface area contributed by atoms with Gasteiger partial charge in [-0.25, -0.2) is 0 Å². The Hall–Kier alpha value is -2.75. The quantitative estimate of drug-likeness (QED) is 0.628. The summed E-state index contributed by atoms with van der Waals surface area (Å²) in [5.74, 6) is 1.44. The van der Waals surface area contributed by atoms with Crippen LogP contribution in [0.25, 0.3) is 6.08 Å². The molecule has 2 rings (SSSR count). The first kappa shape index (κ1) is 15.6. The summed E-state index contributed by atoms with van der Waals surface area (Å²) in [5.41, 5.74) is 5.22. The summed E-state index contributed by atoms with van der Waals surface area (Å²) in [6.45, 7) is 0.621. The van der Waals surface area contributed by atoms with E-state index >= 15 is 0 Å². The van der Waals surface area contributed by atoms with Crippen LogP contribution < -0.4 is 14.9 Å². The lowest BCUT2D eigenvalue weighted by Gasteiger charge is -2.09. The molecule has 0 fully saturated rings. The number of nitrogens with zero attached hydrogens (tertiary/aromatic N) is 1. The van der Waals surface area contributed by atoms with Gasteiger partial charge in [0.15, 0.2) is 11.5 Å². The van der Waals surface area contributed by atoms with E-state index in [1.807, 2.05) is 60.7 Å². The van der Waals surface area contributed by atoms with Gasteiger partial charge in [-0.2, -0.15) is 5.10 Å². The third-order valence-electron chi connectivity index (χ3n) is 3.07. The van der Waals surface area contributed by atoms with Crippen molar-refractivity contribution in [2.75, 3.05) is 14.2 Å². The summed E-state index contributed by atoms with van der Waals surface area (Å²) in [5, 5.41) is 4.15. The monoisotopic (exact) mass is 296 g/mol. The summed E-state index contributed by atoms with van der Waals surface area (Å²) in [4.78, 5) is 0. The van der Waals surface area contributed by atoms with Crippen molar-refractivity contribution in [3.63, 3.8) is 0 Å². The molecule has 2 aromatic carbocycles. The lowest BCUT2D eigenvalue weighted by molar-refractivity contribution is 0.354. The minimum Gasteiger partial charge on any atom is -0.493 e. The smallest absolute Gasteiger partial charge is 0.161 e. The second-order valence-corrected chi connectivity index (χ2v) is 4.57. The number of nitrogens with one attached hydrogen (secondary N) is 1. The molecule has 0 bridgehead atoms. The Balaban J connectivity index is 1.83. The van der Waals surface area contributed by atoms with Gasteiger partial charge in [0.05, 0.1) is 20.8 Å². The van der Waals surface area contributed by atoms with E-state index in [2.05, 4.69) is 10.5 Å². The fourth-order valence-electron chi connectivity index (χ4n) is 1.94. The van der Waals surface area contributed by atoms with E-state index < -0.39 is 0 Å². The highest BCUT2D eigenvalue weighted by atomic mass is 16.5. The molecule has 4 nitrogen and oxygen atoms in total. The zero-order chi connectivity index (χ0) is 15.6. The van der Waals surface area contributed by atoms with Crippen molar-refractivity contribution < 1.29 is 9.47 Å². The molecular weight excluding hydrogens is 276 g/mol. The first-order valence-corrected chi connectivity index (χ1v) is 7.02. The van der Waals surface area contributed by atoms with Crippen molar-refractivity contribution in [2.45, 2.75) is 6.54 Å². The molecule has 22 heavy (non-hydrogen) atoms.